The first-order chi connectivity index (χ1) is 20.2. The van der Waals surface area contributed by atoms with Gasteiger partial charge in [-0.1, -0.05) is 0 Å². The van der Waals surface area contributed by atoms with Crippen molar-refractivity contribution in [2.45, 2.75) is 79.1 Å². The van der Waals surface area contributed by atoms with E-state index in [2.05, 4.69) is 4.98 Å². The summed E-state index contributed by atoms with van der Waals surface area (Å²) in [5.74, 6) is -3.13. The standard InChI is InChI=1S/C29H36N2O12/c1-13-10-14(2)30-24-21(37-8)11-20(25(38-9)23(13)24)31(15(3)32)29-28(42-19(7)36)27(41-18(6)35)26(40-17(5)34)22(43-29)12-39-16(4)33/h10-11,22,26-29H,12H2,1-9H3/t22-,26+,27-,28-,29-/m1/s1. The molecule has 0 bridgehead atoms. The molecule has 5 atom stereocenters. The van der Waals surface area contributed by atoms with Gasteiger partial charge in [-0.3, -0.25) is 28.9 Å². The minimum absolute atomic E-state index is 0.147. The molecular weight excluding hydrogens is 568 g/mol. The van der Waals surface area contributed by atoms with E-state index in [0.717, 1.165) is 36.9 Å². The molecule has 0 radical (unpaired) electrons. The van der Waals surface area contributed by atoms with Crippen LogP contribution in [-0.2, 0) is 47.7 Å². The van der Waals surface area contributed by atoms with Crippen molar-refractivity contribution >= 4 is 46.4 Å². The van der Waals surface area contributed by atoms with Gasteiger partial charge in [-0.05, 0) is 25.5 Å². The third-order valence-corrected chi connectivity index (χ3v) is 6.55. The lowest BCUT2D eigenvalue weighted by atomic mass is 9.95. The number of methoxy groups -OCH3 is 2. The van der Waals surface area contributed by atoms with Crippen molar-refractivity contribution in [2.75, 3.05) is 25.7 Å². The zero-order chi connectivity index (χ0) is 32.2. The van der Waals surface area contributed by atoms with Crippen LogP contribution in [0.15, 0.2) is 12.1 Å². The molecule has 0 aliphatic carbocycles. The van der Waals surface area contributed by atoms with Crippen LogP contribution in [0, 0.1) is 13.8 Å². The van der Waals surface area contributed by atoms with Gasteiger partial charge in [0.2, 0.25) is 5.91 Å². The molecule has 1 fully saturated rings. The van der Waals surface area contributed by atoms with E-state index in [9.17, 15) is 24.0 Å². The number of aromatic nitrogens is 1. The normalized spacial score (nSPS) is 21.4. The molecule has 2 aromatic rings. The predicted octanol–water partition coefficient (Wildman–Crippen LogP) is 2.30. The highest BCUT2D eigenvalue weighted by atomic mass is 16.7. The number of carbonyl (C=O) groups excluding carboxylic acids is 5. The van der Waals surface area contributed by atoms with Crippen molar-refractivity contribution < 1.29 is 57.1 Å². The molecule has 1 aromatic carbocycles. The average molecular weight is 605 g/mol. The Hall–Kier alpha value is -4.46. The van der Waals surface area contributed by atoms with Crippen LogP contribution in [0.25, 0.3) is 10.9 Å². The van der Waals surface area contributed by atoms with Crippen LogP contribution in [0.2, 0.25) is 0 Å². The summed E-state index contributed by atoms with van der Waals surface area (Å²) >= 11 is 0. The lowest BCUT2D eigenvalue weighted by molar-refractivity contribution is -0.251. The highest BCUT2D eigenvalue weighted by Crippen LogP contribution is 2.45. The predicted molar refractivity (Wildman–Crippen MR) is 149 cm³/mol. The van der Waals surface area contributed by atoms with E-state index in [1.807, 2.05) is 19.9 Å². The van der Waals surface area contributed by atoms with Gasteiger partial charge in [0.25, 0.3) is 0 Å². The van der Waals surface area contributed by atoms with E-state index in [0.29, 0.717) is 16.7 Å². The fourth-order valence-corrected chi connectivity index (χ4v) is 5.13. The first kappa shape index (κ1) is 33.0. The van der Waals surface area contributed by atoms with Crippen LogP contribution < -0.4 is 14.4 Å². The summed E-state index contributed by atoms with van der Waals surface area (Å²) in [5, 5.41) is 0.541. The summed E-state index contributed by atoms with van der Waals surface area (Å²) in [7, 11) is 2.85. The highest BCUT2D eigenvalue weighted by Gasteiger charge is 2.55. The number of esters is 4. The summed E-state index contributed by atoms with van der Waals surface area (Å²) < 4.78 is 39.4. The molecule has 1 amide bonds. The summed E-state index contributed by atoms with van der Waals surface area (Å²) in [5.41, 5.74) is 2.12. The minimum atomic E-state index is -1.52. The van der Waals surface area contributed by atoms with E-state index in [-0.39, 0.29) is 11.4 Å². The molecule has 1 saturated heterocycles. The molecule has 43 heavy (non-hydrogen) atoms. The number of ether oxygens (including phenoxy) is 7. The number of aryl methyl sites for hydroxylation is 2. The second kappa shape index (κ2) is 13.7. The number of carbonyl (C=O) groups is 5. The molecule has 0 spiro atoms. The number of anilines is 1. The number of pyridine rings is 1. The van der Waals surface area contributed by atoms with E-state index in [4.69, 9.17) is 33.2 Å². The highest BCUT2D eigenvalue weighted by molar-refractivity contribution is 6.03. The molecular formula is C29H36N2O12. The topological polar surface area (TPSA) is 166 Å². The molecule has 1 aliphatic heterocycles. The maximum Gasteiger partial charge on any atom is 0.303 e. The second-order valence-corrected chi connectivity index (χ2v) is 9.91. The van der Waals surface area contributed by atoms with E-state index in [1.54, 1.807) is 0 Å². The number of benzene rings is 1. The smallest absolute Gasteiger partial charge is 0.303 e. The Kier molecular flexibility index (Phi) is 10.5. The number of hydrogen-bond acceptors (Lipinski definition) is 13. The third-order valence-electron chi connectivity index (χ3n) is 6.55. The van der Waals surface area contributed by atoms with Crippen LogP contribution >= 0.6 is 0 Å². The SMILES string of the molecule is COc1cc(N(C(C)=O)[C@@H]2O[C@H](COC(C)=O)[C@H](OC(C)=O)[C@@H](OC(C)=O)[C@H]2OC(C)=O)c(OC)c2c(C)cc(C)nc12. The largest absolute Gasteiger partial charge is 0.494 e. The fourth-order valence-electron chi connectivity index (χ4n) is 5.13. The average Bonchev–Trinajstić information content (AvgIpc) is 2.89. The van der Waals surface area contributed by atoms with Crippen molar-refractivity contribution in [1.29, 1.82) is 0 Å². The Morgan fingerprint density at radius 2 is 1.40 bits per heavy atom. The first-order valence-corrected chi connectivity index (χ1v) is 13.3. The first-order valence-electron chi connectivity index (χ1n) is 13.3. The van der Waals surface area contributed by atoms with Gasteiger partial charge in [0.15, 0.2) is 30.3 Å². The van der Waals surface area contributed by atoms with E-state index < -0.39 is 67.0 Å². The molecule has 2 heterocycles. The minimum Gasteiger partial charge on any atom is -0.494 e. The van der Waals surface area contributed by atoms with Crippen LogP contribution in [0.5, 0.6) is 11.5 Å². The summed E-state index contributed by atoms with van der Waals surface area (Å²) in [6.45, 7) is 8.96. The number of hydrogen-bond donors (Lipinski definition) is 0. The van der Waals surface area contributed by atoms with Crippen LogP contribution in [0.3, 0.4) is 0 Å². The summed E-state index contributed by atoms with van der Waals surface area (Å²) in [6.07, 6.45) is -7.17. The van der Waals surface area contributed by atoms with E-state index >= 15 is 0 Å². The third kappa shape index (κ3) is 7.31. The van der Waals surface area contributed by atoms with Gasteiger partial charge >= 0.3 is 23.9 Å². The fraction of sp³-hybridized carbons (Fsp3) is 0.517. The van der Waals surface area contributed by atoms with Crippen molar-refractivity contribution in [1.82, 2.24) is 4.98 Å². The summed E-state index contributed by atoms with van der Waals surface area (Å²) in [4.78, 5) is 67.7. The Morgan fingerprint density at radius 1 is 0.814 bits per heavy atom. The van der Waals surface area contributed by atoms with E-state index in [1.165, 1.54) is 34.1 Å². The Bertz CT molecular complexity index is 1420. The van der Waals surface area contributed by atoms with Crippen molar-refractivity contribution in [2.24, 2.45) is 0 Å². The lowest BCUT2D eigenvalue weighted by Gasteiger charge is -2.47. The molecule has 0 saturated carbocycles. The summed E-state index contributed by atoms with van der Waals surface area (Å²) in [6, 6.07) is 3.35. The van der Waals surface area contributed by atoms with Crippen LogP contribution in [0.4, 0.5) is 5.69 Å². The van der Waals surface area contributed by atoms with Crippen molar-refractivity contribution in [3.63, 3.8) is 0 Å². The Labute approximate surface area is 248 Å². The van der Waals surface area contributed by atoms with Gasteiger partial charge in [-0.2, -0.15) is 0 Å². The van der Waals surface area contributed by atoms with Gasteiger partial charge in [0.05, 0.1) is 25.3 Å². The van der Waals surface area contributed by atoms with Gasteiger partial charge in [0.1, 0.15) is 24.0 Å². The Morgan fingerprint density at radius 3 is 1.91 bits per heavy atom. The molecule has 14 nitrogen and oxygen atoms in total. The molecule has 234 valence electrons. The quantitative estimate of drug-likeness (QED) is 0.302. The van der Waals surface area contributed by atoms with Crippen LogP contribution in [0.1, 0.15) is 45.9 Å². The number of amides is 1. The molecule has 0 unspecified atom stereocenters. The molecule has 1 aromatic heterocycles. The molecule has 0 N–H and O–H groups in total. The number of fused-ring (bicyclic) bond motifs is 1. The van der Waals surface area contributed by atoms with Crippen molar-refractivity contribution in [3.05, 3.63) is 23.4 Å². The molecule has 3 rings (SSSR count). The van der Waals surface area contributed by atoms with Crippen LogP contribution in [-0.4, -0.2) is 86.2 Å². The molecule has 1 aliphatic rings. The van der Waals surface area contributed by atoms with Gasteiger partial charge in [0, 0.05) is 46.4 Å². The second-order valence-electron chi connectivity index (χ2n) is 9.91. The maximum absolute atomic E-state index is 13.5. The molecule has 14 heteroatoms. The number of nitrogens with zero attached hydrogens (tertiary/aromatic N) is 2. The number of rotatable bonds is 9. The van der Waals surface area contributed by atoms with Crippen molar-refractivity contribution in [3.8, 4) is 11.5 Å². The van der Waals surface area contributed by atoms with Gasteiger partial charge in [-0.15, -0.1) is 0 Å². The Balaban J connectivity index is 2.35. The lowest BCUT2D eigenvalue weighted by Crippen LogP contribution is -2.67. The zero-order valence-corrected chi connectivity index (χ0v) is 25.5. The monoisotopic (exact) mass is 604 g/mol. The van der Waals surface area contributed by atoms with Gasteiger partial charge < -0.3 is 33.2 Å². The maximum atomic E-state index is 13.5. The van der Waals surface area contributed by atoms with Gasteiger partial charge in [-0.25, -0.2) is 4.98 Å². The zero-order valence-electron chi connectivity index (χ0n) is 25.5.